The van der Waals surface area contributed by atoms with Crippen molar-refractivity contribution in [3.8, 4) is 0 Å². The van der Waals surface area contributed by atoms with Crippen molar-refractivity contribution in [1.82, 2.24) is 10.3 Å². The van der Waals surface area contributed by atoms with E-state index in [9.17, 15) is 14.4 Å². The molecular formula is C10H15N3O3. The van der Waals surface area contributed by atoms with Gasteiger partial charge in [-0.1, -0.05) is 6.42 Å². The second kappa shape index (κ2) is 4.21. The maximum atomic E-state index is 11.8. The van der Waals surface area contributed by atoms with E-state index < -0.39 is 0 Å². The van der Waals surface area contributed by atoms with Gasteiger partial charge in [-0.15, -0.1) is 0 Å². The zero-order chi connectivity index (χ0) is 11.7. The monoisotopic (exact) mass is 225 g/mol. The maximum absolute atomic E-state index is 11.8. The van der Waals surface area contributed by atoms with Crippen molar-refractivity contribution in [2.24, 2.45) is 17.7 Å². The standard InChI is InChI=1S/C10H15N3O3/c11-12-8(14)4-5-13-9(15)6-2-1-3-7(6)10(13)16/h6-7H,1-5,11H2,(H,12,14). The lowest BCUT2D eigenvalue weighted by Crippen LogP contribution is -2.37. The van der Waals surface area contributed by atoms with Crippen molar-refractivity contribution in [2.45, 2.75) is 25.7 Å². The number of carbonyl (C=O) groups excluding carboxylic acids is 3. The minimum Gasteiger partial charge on any atom is -0.294 e. The van der Waals surface area contributed by atoms with E-state index in [0.29, 0.717) is 0 Å². The molecule has 2 rings (SSSR count). The van der Waals surface area contributed by atoms with Crippen LogP contribution in [0.5, 0.6) is 0 Å². The molecule has 16 heavy (non-hydrogen) atoms. The molecule has 3 N–H and O–H groups in total. The van der Waals surface area contributed by atoms with Crippen molar-refractivity contribution in [2.75, 3.05) is 6.54 Å². The van der Waals surface area contributed by atoms with Crippen molar-refractivity contribution in [3.05, 3.63) is 0 Å². The summed E-state index contributed by atoms with van der Waals surface area (Å²) < 4.78 is 0. The van der Waals surface area contributed by atoms with Crippen LogP contribution in [0.1, 0.15) is 25.7 Å². The minimum absolute atomic E-state index is 0.0768. The van der Waals surface area contributed by atoms with Gasteiger partial charge in [0.25, 0.3) is 0 Å². The van der Waals surface area contributed by atoms with Crippen molar-refractivity contribution in [1.29, 1.82) is 0 Å². The van der Waals surface area contributed by atoms with Gasteiger partial charge in [-0.2, -0.15) is 0 Å². The summed E-state index contributed by atoms with van der Waals surface area (Å²) in [5.74, 6) is 4.08. The fourth-order valence-corrected chi connectivity index (χ4v) is 2.57. The van der Waals surface area contributed by atoms with Crippen LogP contribution in [-0.2, 0) is 14.4 Å². The third kappa shape index (κ3) is 1.69. The van der Waals surface area contributed by atoms with Crippen molar-refractivity contribution in [3.63, 3.8) is 0 Å². The highest BCUT2D eigenvalue weighted by molar-refractivity contribution is 6.05. The molecule has 1 aliphatic heterocycles. The summed E-state index contributed by atoms with van der Waals surface area (Å²) in [5.41, 5.74) is 1.98. The lowest BCUT2D eigenvalue weighted by molar-refractivity contribution is -0.140. The van der Waals surface area contributed by atoms with E-state index in [2.05, 4.69) is 0 Å². The van der Waals surface area contributed by atoms with Crippen LogP contribution in [0.25, 0.3) is 0 Å². The molecular weight excluding hydrogens is 210 g/mol. The number of fused-ring (bicyclic) bond motifs is 1. The normalized spacial score (nSPS) is 28.4. The van der Waals surface area contributed by atoms with Gasteiger partial charge in [-0.05, 0) is 12.8 Å². The first-order valence-corrected chi connectivity index (χ1v) is 5.50. The van der Waals surface area contributed by atoms with Crippen LogP contribution in [0.15, 0.2) is 0 Å². The summed E-state index contributed by atoms with van der Waals surface area (Å²) >= 11 is 0. The average Bonchev–Trinajstić information content (AvgIpc) is 2.83. The highest BCUT2D eigenvalue weighted by Crippen LogP contribution is 2.39. The molecule has 0 aromatic carbocycles. The SMILES string of the molecule is NNC(=O)CCN1C(=O)C2CCCC2C1=O. The zero-order valence-corrected chi connectivity index (χ0v) is 8.94. The molecule has 0 aromatic heterocycles. The van der Waals surface area contributed by atoms with Gasteiger partial charge in [0, 0.05) is 13.0 Å². The number of rotatable bonds is 3. The van der Waals surface area contributed by atoms with Gasteiger partial charge in [-0.3, -0.25) is 24.7 Å². The second-order valence-electron chi connectivity index (χ2n) is 4.29. The zero-order valence-electron chi connectivity index (χ0n) is 8.94. The Bertz CT molecular complexity index is 320. The lowest BCUT2D eigenvalue weighted by Gasteiger charge is -2.14. The third-order valence-electron chi connectivity index (χ3n) is 3.41. The Kier molecular flexibility index (Phi) is 2.91. The molecule has 3 amide bonds. The van der Waals surface area contributed by atoms with E-state index >= 15 is 0 Å². The molecule has 1 saturated carbocycles. The van der Waals surface area contributed by atoms with Gasteiger partial charge in [0.05, 0.1) is 11.8 Å². The number of nitrogens with two attached hydrogens (primary N) is 1. The van der Waals surface area contributed by atoms with E-state index in [-0.39, 0.29) is 42.5 Å². The number of nitrogens with one attached hydrogen (secondary N) is 1. The lowest BCUT2D eigenvalue weighted by atomic mass is 10.00. The quantitative estimate of drug-likeness (QED) is 0.283. The molecule has 6 heteroatoms. The molecule has 88 valence electrons. The summed E-state index contributed by atoms with van der Waals surface area (Å²) in [7, 11) is 0. The first-order chi connectivity index (χ1) is 7.65. The first kappa shape index (κ1) is 11.1. The highest BCUT2D eigenvalue weighted by Gasteiger charge is 2.49. The number of hydrazine groups is 1. The topological polar surface area (TPSA) is 92.5 Å². The summed E-state index contributed by atoms with van der Waals surface area (Å²) in [4.78, 5) is 35.8. The molecule has 2 unspecified atom stereocenters. The van der Waals surface area contributed by atoms with Gasteiger partial charge in [0.15, 0.2) is 0 Å². The molecule has 1 heterocycles. The highest BCUT2D eigenvalue weighted by atomic mass is 16.2. The Balaban J connectivity index is 1.98. The Hall–Kier alpha value is -1.43. The minimum atomic E-state index is -0.363. The predicted octanol–water partition coefficient (Wildman–Crippen LogP) is -0.849. The molecule has 0 radical (unpaired) electrons. The van der Waals surface area contributed by atoms with Gasteiger partial charge < -0.3 is 0 Å². The molecule has 2 fully saturated rings. The van der Waals surface area contributed by atoms with Gasteiger partial charge in [-0.25, -0.2) is 5.84 Å². The molecule has 2 atom stereocenters. The summed E-state index contributed by atoms with van der Waals surface area (Å²) in [6.45, 7) is 0.147. The third-order valence-corrected chi connectivity index (χ3v) is 3.41. The number of imide groups is 1. The Morgan fingerprint density at radius 3 is 2.38 bits per heavy atom. The van der Waals surface area contributed by atoms with Gasteiger partial charge >= 0.3 is 0 Å². The maximum Gasteiger partial charge on any atom is 0.235 e. The van der Waals surface area contributed by atoms with Crippen LogP contribution >= 0.6 is 0 Å². The molecule has 0 spiro atoms. The van der Waals surface area contributed by atoms with E-state index in [1.165, 1.54) is 4.90 Å². The Morgan fingerprint density at radius 1 is 1.31 bits per heavy atom. The van der Waals surface area contributed by atoms with Crippen LogP contribution in [0.2, 0.25) is 0 Å². The number of amides is 3. The van der Waals surface area contributed by atoms with Crippen LogP contribution in [-0.4, -0.2) is 29.2 Å². The smallest absolute Gasteiger partial charge is 0.235 e. The van der Waals surface area contributed by atoms with Gasteiger partial charge in [0.2, 0.25) is 17.7 Å². The first-order valence-electron chi connectivity index (χ1n) is 5.50. The van der Waals surface area contributed by atoms with E-state index in [4.69, 9.17) is 5.84 Å². The van der Waals surface area contributed by atoms with Crippen LogP contribution in [0, 0.1) is 11.8 Å². The molecule has 1 saturated heterocycles. The van der Waals surface area contributed by atoms with Crippen molar-refractivity contribution < 1.29 is 14.4 Å². The fourth-order valence-electron chi connectivity index (χ4n) is 2.57. The summed E-state index contributed by atoms with van der Waals surface area (Å²) in [5, 5.41) is 0. The second-order valence-corrected chi connectivity index (χ2v) is 4.29. The van der Waals surface area contributed by atoms with Crippen LogP contribution in [0.3, 0.4) is 0 Å². The molecule has 6 nitrogen and oxygen atoms in total. The van der Waals surface area contributed by atoms with E-state index in [0.717, 1.165) is 19.3 Å². The number of hydrogen-bond acceptors (Lipinski definition) is 4. The van der Waals surface area contributed by atoms with Crippen LogP contribution in [0.4, 0.5) is 0 Å². The average molecular weight is 225 g/mol. The fraction of sp³-hybridized carbons (Fsp3) is 0.700. The Labute approximate surface area is 93.1 Å². The Morgan fingerprint density at radius 2 is 1.88 bits per heavy atom. The summed E-state index contributed by atoms with van der Waals surface area (Å²) in [6, 6.07) is 0. The van der Waals surface area contributed by atoms with E-state index in [1.54, 1.807) is 0 Å². The number of likely N-dealkylation sites (tertiary alicyclic amines) is 1. The number of hydrogen-bond donors (Lipinski definition) is 2. The van der Waals surface area contributed by atoms with Gasteiger partial charge in [0.1, 0.15) is 0 Å². The largest absolute Gasteiger partial charge is 0.294 e. The molecule has 0 aromatic rings. The number of carbonyl (C=O) groups is 3. The van der Waals surface area contributed by atoms with E-state index in [1.807, 2.05) is 5.43 Å². The van der Waals surface area contributed by atoms with Crippen LogP contribution < -0.4 is 11.3 Å². The molecule has 2 aliphatic rings. The summed E-state index contributed by atoms with van der Waals surface area (Å²) in [6.07, 6.45) is 2.63. The molecule has 0 bridgehead atoms. The van der Waals surface area contributed by atoms with Crippen molar-refractivity contribution >= 4 is 17.7 Å². The predicted molar refractivity (Wildman–Crippen MR) is 54.5 cm³/mol. The molecule has 1 aliphatic carbocycles. The number of nitrogens with zero attached hydrogens (tertiary/aromatic N) is 1.